The fraction of sp³-hybridized carbons (Fsp3) is 0.412. The lowest BCUT2D eigenvalue weighted by Gasteiger charge is -2.19. The van der Waals surface area contributed by atoms with Crippen molar-refractivity contribution >= 4 is 11.8 Å². The standard InChI is InChI=1S/C17H22N2O2/c1-2-11-18-16(20)13-7-6-8-14(12-13)17(21)19-15-9-4-3-5-10-15/h3-4,6-8,12,15H,2,5,9-11H2,1H3,(H,18,20)(H,19,21)/t15-/m1/s1. The molecule has 1 aromatic rings. The van der Waals surface area contributed by atoms with Crippen LogP contribution in [-0.4, -0.2) is 24.4 Å². The van der Waals surface area contributed by atoms with Gasteiger partial charge in [-0.15, -0.1) is 0 Å². The van der Waals surface area contributed by atoms with Gasteiger partial charge in [0, 0.05) is 23.7 Å². The number of allylic oxidation sites excluding steroid dienone is 1. The van der Waals surface area contributed by atoms with Gasteiger partial charge in [0.25, 0.3) is 11.8 Å². The Balaban J connectivity index is 2.00. The van der Waals surface area contributed by atoms with Crippen molar-refractivity contribution in [2.75, 3.05) is 6.54 Å². The van der Waals surface area contributed by atoms with E-state index in [1.165, 1.54) is 0 Å². The lowest BCUT2D eigenvalue weighted by Crippen LogP contribution is -2.35. The number of carbonyl (C=O) groups is 2. The van der Waals surface area contributed by atoms with Crippen LogP contribution in [0.25, 0.3) is 0 Å². The highest BCUT2D eigenvalue weighted by Crippen LogP contribution is 2.12. The second-order valence-corrected chi connectivity index (χ2v) is 5.29. The molecule has 0 spiro atoms. The first-order chi connectivity index (χ1) is 10.2. The molecule has 0 saturated carbocycles. The Bertz CT molecular complexity index is 537. The molecule has 1 aliphatic carbocycles. The topological polar surface area (TPSA) is 58.2 Å². The molecule has 1 aromatic carbocycles. The predicted octanol–water partition coefficient (Wildman–Crippen LogP) is 2.66. The summed E-state index contributed by atoms with van der Waals surface area (Å²) in [5, 5.41) is 5.84. The Morgan fingerprint density at radius 2 is 1.95 bits per heavy atom. The largest absolute Gasteiger partial charge is 0.352 e. The summed E-state index contributed by atoms with van der Waals surface area (Å²) in [6.07, 6.45) is 7.98. The summed E-state index contributed by atoms with van der Waals surface area (Å²) in [5.41, 5.74) is 1.06. The molecule has 2 N–H and O–H groups in total. The fourth-order valence-corrected chi connectivity index (χ4v) is 2.34. The van der Waals surface area contributed by atoms with Crippen LogP contribution in [0.1, 0.15) is 53.3 Å². The first-order valence-corrected chi connectivity index (χ1v) is 7.55. The highest BCUT2D eigenvalue weighted by atomic mass is 16.2. The molecule has 4 nitrogen and oxygen atoms in total. The number of nitrogens with one attached hydrogen (secondary N) is 2. The van der Waals surface area contributed by atoms with E-state index in [-0.39, 0.29) is 17.9 Å². The van der Waals surface area contributed by atoms with Crippen molar-refractivity contribution in [1.82, 2.24) is 10.6 Å². The minimum Gasteiger partial charge on any atom is -0.352 e. The van der Waals surface area contributed by atoms with Crippen molar-refractivity contribution in [3.8, 4) is 0 Å². The molecule has 2 amide bonds. The minimum absolute atomic E-state index is 0.111. The van der Waals surface area contributed by atoms with Gasteiger partial charge in [0.15, 0.2) is 0 Å². The van der Waals surface area contributed by atoms with Crippen molar-refractivity contribution in [3.63, 3.8) is 0 Å². The van der Waals surface area contributed by atoms with E-state index < -0.39 is 0 Å². The van der Waals surface area contributed by atoms with E-state index in [2.05, 4.69) is 22.8 Å². The summed E-state index contributed by atoms with van der Waals surface area (Å²) in [7, 11) is 0. The third kappa shape index (κ3) is 4.45. The van der Waals surface area contributed by atoms with Gasteiger partial charge in [-0.3, -0.25) is 9.59 Å². The third-order valence-electron chi connectivity index (χ3n) is 3.53. The van der Waals surface area contributed by atoms with Crippen LogP contribution in [0, 0.1) is 0 Å². The van der Waals surface area contributed by atoms with Gasteiger partial charge in [0.2, 0.25) is 0 Å². The Kier molecular flexibility index (Phi) is 5.55. The van der Waals surface area contributed by atoms with Crippen LogP contribution in [-0.2, 0) is 0 Å². The highest BCUT2D eigenvalue weighted by molar-refractivity contribution is 5.99. The van der Waals surface area contributed by atoms with Crippen LogP contribution >= 0.6 is 0 Å². The summed E-state index contributed by atoms with van der Waals surface area (Å²) >= 11 is 0. The molecule has 0 heterocycles. The number of hydrogen-bond donors (Lipinski definition) is 2. The van der Waals surface area contributed by atoms with Gasteiger partial charge in [-0.2, -0.15) is 0 Å². The van der Waals surface area contributed by atoms with Gasteiger partial charge < -0.3 is 10.6 Å². The second kappa shape index (κ2) is 7.62. The van der Waals surface area contributed by atoms with Crippen LogP contribution < -0.4 is 10.6 Å². The number of rotatable bonds is 5. The predicted molar refractivity (Wildman–Crippen MR) is 83.3 cm³/mol. The maximum absolute atomic E-state index is 12.2. The number of amides is 2. The number of benzene rings is 1. The molecule has 21 heavy (non-hydrogen) atoms. The van der Waals surface area contributed by atoms with E-state index in [9.17, 15) is 9.59 Å². The maximum atomic E-state index is 12.2. The fourth-order valence-electron chi connectivity index (χ4n) is 2.34. The van der Waals surface area contributed by atoms with E-state index in [1.807, 2.05) is 6.92 Å². The van der Waals surface area contributed by atoms with Gasteiger partial charge >= 0.3 is 0 Å². The molecule has 0 unspecified atom stereocenters. The zero-order valence-electron chi connectivity index (χ0n) is 12.4. The smallest absolute Gasteiger partial charge is 0.251 e. The summed E-state index contributed by atoms with van der Waals surface area (Å²) in [4.78, 5) is 24.2. The molecule has 0 bridgehead atoms. The second-order valence-electron chi connectivity index (χ2n) is 5.29. The first kappa shape index (κ1) is 15.3. The lowest BCUT2D eigenvalue weighted by molar-refractivity contribution is 0.0934. The van der Waals surface area contributed by atoms with Crippen LogP contribution in [0.15, 0.2) is 36.4 Å². The molecule has 0 radical (unpaired) electrons. The Labute approximate surface area is 125 Å². The number of carbonyl (C=O) groups excluding carboxylic acids is 2. The van der Waals surface area contributed by atoms with E-state index in [4.69, 9.17) is 0 Å². The van der Waals surface area contributed by atoms with Crippen molar-refractivity contribution in [3.05, 3.63) is 47.5 Å². The maximum Gasteiger partial charge on any atom is 0.251 e. The molecular formula is C17H22N2O2. The quantitative estimate of drug-likeness (QED) is 0.818. The van der Waals surface area contributed by atoms with Crippen LogP contribution in [0.5, 0.6) is 0 Å². The Morgan fingerprint density at radius 3 is 2.62 bits per heavy atom. The van der Waals surface area contributed by atoms with E-state index in [0.29, 0.717) is 17.7 Å². The normalized spacial score (nSPS) is 17.3. The Morgan fingerprint density at radius 1 is 1.19 bits per heavy atom. The number of hydrogen-bond acceptors (Lipinski definition) is 2. The van der Waals surface area contributed by atoms with E-state index in [0.717, 1.165) is 25.7 Å². The van der Waals surface area contributed by atoms with Crippen molar-refractivity contribution in [2.45, 2.75) is 38.6 Å². The molecule has 2 rings (SSSR count). The molecule has 0 aliphatic heterocycles. The zero-order chi connectivity index (χ0) is 15.1. The van der Waals surface area contributed by atoms with Gasteiger partial charge in [-0.25, -0.2) is 0 Å². The molecule has 0 fully saturated rings. The Hall–Kier alpha value is -2.10. The SMILES string of the molecule is CCCNC(=O)c1cccc(C(=O)N[C@@H]2CC=CCC2)c1. The molecule has 112 valence electrons. The molecule has 1 atom stereocenters. The molecule has 4 heteroatoms. The summed E-state index contributed by atoms with van der Waals surface area (Å²) in [6, 6.07) is 7.06. The van der Waals surface area contributed by atoms with Crippen LogP contribution in [0.4, 0.5) is 0 Å². The monoisotopic (exact) mass is 286 g/mol. The highest BCUT2D eigenvalue weighted by Gasteiger charge is 2.15. The molecular weight excluding hydrogens is 264 g/mol. The van der Waals surface area contributed by atoms with Crippen molar-refractivity contribution < 1.29 is 9.59 Å². The van der Waals surface area contributed by atoms with Crippen molar-refractivity contribution in [2.24, 2.45) is 0 Å². The van der Waals surface area contributed by atoms with Gasteiger partial charge in [0.1, 0.15) is 0 Å². The van der Waals surface area contributed by atoms with Crippen molar-refractivity contribution in [1.29, 1.82) is 0 Å². The zero-order valence-corrected chi connectivity index (χ0v) is 12.4. The summed E-state index contributed by atoms with van der Waals surface area (Å²) in [5.74, 6) is -0.243. The molecule has 0 aromatic heterocycles. The van der Waals surface area contributed by atoms with Gasteiger partial charge in [-0.05, 0) is 43.9 Å². The van der Waals surface area contributed by atoms with Crippen LogP contribution in [0.2, 0.25) is 0 Å². The third-order valence-corrected chi connectivity index (χ3v) is 3.53. The van der Waals surface area contributed by atoms with Gasteiger partial charge in [-0.1, -0.05) is 25.1 Å². The van der Waals surface area contributed by atoms with E-state index in [1.54, 1.807) is 24.3 Å². The minimum atomic E-state index is -0.132. The summed E-state index contributed by atoms with van der Waals surface area (Å²) in [6.45, 7) is 2.65. The first-order valence-electron chi connectivity index (χ1n) is 7.55. The van der Waals surface area contributed by atoms with Gasteiger partial charge in [0.05, 0.1) is 0 Å². The summed E-state index contributed by atoms with van der Waals surface area (Å²) < 4.78 is 0. The van der Waals surface area contributed by atoms with E-state index >= 15 is 0 Å². The molecule has 1 aliphatic rings. The van der Waals surface area contributed by atoms with Crippen LogP contribution in [0.3, 0.4) is 0 Å². The average Bonchev–Trinajstić information content (AvgIpc) is 2.53. The lowest BCUT2D eigenvalue weighted by atomic mass is 10.0. The average molecular weight is 286 g/mol. The molecule has 0 saturated heterocycles.